The average Bonchev–Trinajstić information content (AvgIpc) is 3.19. The van der Waals surface area contributed by atoms with E-state index in [0.29, 0.717) is 0 Å². The molecule has 0 aromatic heterocycles. The van der Waals surface area contributed by atoms with Crippen molar-refractivity contribution in [3.05, 3.63) is 106 Å². The Balaban J connectivity index is 1.84. The van der Waals surface area contributed by atoms with E-state index >= 15 is 0 Å². The summed E-state index contributed by atoms with van der Waals surface area (Å²) in [6.45, 7) is 4.19. The molecule has 0 bridgehead atoms. The monoisotopic (exact) mass is 435 g/mol. The molecule has 0 aliphatic heterocycles. The molecular formula is C30H24ClO-. The van der Waals surface area contributed by atoms with Crippen molar-refractivity contribution in [3.63, 3.8) is 0 Å². The van der Waals surface area contributed by atoms with Gasteiger partial charge in [-0.25, -0.2) is 6.07 Å². The molecule has 32 heavy (non-hydrogen) atoms. The third-order valence-electron chi connectivity index (χ3n) is 6.57. The van der Waals surface area contributed by atoms with Crippen molar-refractivity contribution in [2.75, 3.05) is 0 Å². The van der Waals surface area contributed by atoms with E-state index in [0.717, 1.165) is 23.6 Å². The van der Waals surface area contributed by atoms with Crippen molar-refractivity contribution in [1.82, 2.24) is 0 Å². The molecule has 6 rings (SSSR count). The van der Waals surface area contributed by atoms with Crippen LogP contribution in [0.2, 0.25) is 5.02 Å². The number of hydrogen-bond donors (Lipinski definition) is 0. The van der Waals surface area contributed by atoms with Gasteiger partial charge in [-0.1, -0.05) is 66.6 Å². The Hall–Kier alpha value is -3.16. The second kappa shape index (κ2) is 7.46. The molecule has 1 nitrogen and oxygen atoms in total. The summed E-state index contributed by atoms with van der Waals surface area (Å²) < 4.78 is 6.43. The van der Waals surface area contributed by atoms with Crippen molar-refractivity contribution < 1.29 is 4.74 Å². The first-order chi connectivity index (χ1) is 15.6. The van der Waals surface area contributed by atoms with Crippen molar-refractivity contribution >= 4 is 33.1 Å². The zero-order chi connectivity index (χ0) is 21.8. The van der Waals surface area contributed by atoms with Crippen LogP contribution in [0.3, 0.4) is 0 Å². The Morgan fingerprint density at radius 1 is 0.812 bits per heavy atom. The Bertz CT molecular complexity index is 1490. The first kappa shape index (κ1) is 19.5. The van der Waals surface area contributed by atoms with Gasteiger partial charge < -0.3 is 4.74 Å². The lowest BCUT2D eigenvalue weighted by atomic mass is 9.81. The van der Waals surface area contributed by atoms with Crippen LogP contribution in [-0.4, -0.2) is 6.10 Å². The fourth-order valence-corrected chi connectivity index (χ4v) is 5.50. The van der Waals surface area contributed by atoms with Gasteiger partial charge in [-0.05, 0) is 76.2 Å². The first-order valence-electron chi connectivity index (χ1n) is 11.3. The highest BCUT2D eigenvalue weighted by molar-refractivity contribution is 6.33. The predicted molar refractivity (Wildman–Crippen MR) is 135 cm³/mol. The molecule has 0 saturated heterocycles. The van der Waals surface area contributed by atoms with Crippen LogP contribution in [0, 0.1) is 0 Å². The van der Waals surface area contributed by atoms with Crippen LogP contribution in [0.25, 0.3) is 32.7 Å². The van der Waals surface area contributed by atoms with Crippen LogP contribution in [-0.2, 0) is 12.8 Å². The van der Waals surface area contributed by atoms with Crippen LogP contribution >= 0.6 is 11.6 Å². The Labute approximate surface area is 193 Å². The molecule has 0 atom stereocenters. The molecule has 0 heterocycles. The number of halogens is 1. The molecule has 2 heteroatoms. The Kier molecular flexibility index (Phi) is 4.55. The second-order valence-corrected chi connectivity index (χ2v) is 9.39. The van der Waals surface area contributed by atoms with Crippen LogP contribution in [0.1, 0.15) is 36.1 Å². The quantitative estimate of drug-likeness (QED) is 0.248. The average molecular weight is 436 g/mol. The van der Waals surface area contributed by atoms with Gasteiger partial charge in [0.2, 0.25) is 0 Å². The lowest BCUT2D eigenvalue weighted by Gasteiger charge is -2.28. The highest BCUT2D eigenvalue weighted by Gasteiger charge is 2.24. The van der Waals surface area contributed by atoms with E-state index in [2.05, 4.69) is 92.7 Å². The van der Waals surface area contributed by atoms with E-state index in [1.165, 1.54) is 54.9 Å². The molecule has 0 amide bonds. The summed E-state index contributed by atoms with van der Waals surface area (Å²) in [6.07, 6.45) is 1.79. The number of fused-ring (bicyclic) bond motifs is 8. The summed E-state index contributed by atoms with van der Waals surface area (Å²) in [5.74, 6) is 0.970. The van der Waals surface area contributed by atoms with Gasteiger partial charge in [0.15, 0.2) is 0 Å². The fourth-order valence-electron chi connectivity index (χ4n) is 5.22. The van der Waals surface area contributed by atoms with Gasteiger partial charge in [0.05, 0.1) is 6.10 Å². The molecular weight excluding hydrogens is 412 g/mol. The van der Waals surface area contributed by atoms with Crippen molar-refractivity contribution in [3.8, 4) is 16.9 Å². The minimum Gasteiger partial charge on any atom is -0.491 e. The Morgan fingerprint density at radius 2 is 1.47 bits per heavy atom. The molecule has 0 unspecified atom stereocenters. The van der Waals surface area contributed by atoms with Gasteiger partial charge in [0, 0.05) is 5.02 Å². The van der Waals surface area contributed by atoms with Gasteiger partial charge in [-0.3, -0.25) is 0 Å². The van der Waals surface area contributed by atoms with Crippen LogP contribution in [0.4, 0.5) is 0 Å². The number of ether oxygens (including phenoxy) is 1. The standard InChI is InChI=1S/C30H24ClO/c1-18(2)32-28-17-22-9-4-6-13-24(22)30-26(28)15-20-11-7-10-19(20)14-25-27(31)16-21-8-3-5-12-23(21)29(25)30/h3-13,16-18H,14-15H2,1-2H3/q-1. The van der Waals surface area contributed by atoms with Crippen LogP contribution < -0.4 is 4.74 Å². The number of rotatable bonds is 2. The second-order valence-electron chi connectivity index (χ2n) is 8.98. The summed E-state index contributed by atoms with van der Waals surface area (Å²) in [5, 5.41) is 5.69. The first-order valence-corrected chi connectivity index (χ1v) is 11.6. The summed E-state index contributed by atoms with van der Waals surface area (Å²) in [6, 6.07) is 28.2. The molecule has 0 N–H and O–H groups in total. The van der Waals surface area contributed by atoms with E-state index in [1.54, 1.807) is 0 Å². The lowest BCUT2D eigenvalue weighted by Crippen LogP contribution is -2.11. The minimum atomic E-state index is 0.0976. The predicted octanol–water partition coefficient (Wildman–Crippen LogP) is 8.31. The Morgan fingerprint density at radius 3 is 2.19 bits per heavy atom. The van der Waals surface area contributed by atoms with E-state index in [-0.39, 0.29) is 6.10 Å². The number of benzene rings is 4. The van der Waals surface area contributed by atoms with Crippen molar-refractivity contribution in [1.29, 1.82) is 0 Å². The summed E-state index contributed by atoms with van der Waals surface area (Å²) >= 11 is 6.99. The van der Waals surface area contributed by atoms with E-state index in [4.69, 9.17) is 16.3 Å². The van der Waals surface area contributed by atoms with Gasteiger partial charge >= 0.3 is 0 Å². The van der Waals surface area contributed by atoms with Gasteiger partial charge in [0.1, 0.15) is 5.75 Å². The third-order valence-corrected chi connectivity index (χ3v) is 6.91. The van der Waals surface area contributed by atoms with Gasteiger partial charge in [-0.2, -0.15) is 23.3 Å². The molecule has 0 spiro atoms. The summed E-state index contributed by atoms with van der Waals surface area (Å²) in [7, 11) is 0. The molecule has 1 aliphatic rings. The maximum absolute atomic E-state index is 6.99. The molecule has 0 saturated carbocycles. The van der Waals surface area contributed by atoms with Crippen LogP contribution in [0.5, 0.6) is 5.75 Å². The smallest absolute Gasteiger partial charge is 0.123 e. The van der Waals surface area contributed by atoms with Gasteiger partial charge in [0.25, 0.3) is 0 Å². The third kappa shape index (κ3) is 3.04. The molecule has 0 radical (unpaired) electrons. The largest absolute Gasteiger partial charge is 0.491 e. The maximum atomic E-state index is 6.99. The van der Waals surface area contributed by atoms with E-state index in [1.807, 2.05) is 0 Å². The molecule has 0 fully saturated rings. The summed E-state index contributed by atoms with van der Waals surface area (Å²) in [4.78, 5) is 0. The molecule has 5 aromatic rings. The minimum absolute atomic E-state index is 0.0976. The molecule has 158 valence electrons. The van der Waals surface area contributed by atoms with E-state index in [9.17, 15) is 0 Å². The zero-order valence-electron chi connectivity index (χ0n) is 18.3. The number of hydrogen-bond acceptors (Lipinski definition) is 1. The SMILES string of the molecule is CC(C)Oc1cc2ccccc2c2c1Cc1cc[cH-]c1Cc1c(Cl)cc3ccccc3c1-2. The topological polar surface area (TPSA) is 9.23 Å². The molecule has 1 aliphatic carbocycles. The normalized spacial score (nSPS) is 12.9. The van der Waals surface area contributed by atoms with Gasteiger partial charge in [-0.15, -0.1) is 0 Å². The highest BCUT2D eigenvalue weighted by Crippen LogP contribution is 2.47. The zero-order valence-corrected chi connectivity index (χ0v) is 19.0. The molecule has 5 aromatic carbocycles. The van der Waals surface area contributed by atoms with Crippen molar-refractivity contribution in [2.24, 2.45) is 0 Å². The fraction of sp³-hybridized carbons (Fsp3) is 0.167. The van der Waals surface area contributed by atoms with Crippen LogP contribution in [0.15, 0.2) is 78.9 Å². The lowest BCUT2D eigenvalue weighted by molar-refractivity contribution is 0.241. The van der Waals surface area contributed by atoms with E-state index < -0.39 is 0 Å². The maximum Gasteiger partial charge on any atom is 0.123 e. The van der Waals surface area contributed by atoms with Crippen molar-refractivity contribution in [2.45, 2.75) is 32.8 Å². The summed E-state index contributed by atoms with van der Waals surface area (Å²) in [5.41, 5.74) is 7.66. The highest BCUT2D eigenvalue weighted by atomic mass is 35.5.